The predicted molar refractivity (Wildman–Crippen MR) is 151 cm³/mol. The molecule has 204 valence electrons. The zero-order valence-electron chi connectivity index (χ0n) is 22.3. The lowest BCUT2D eigenvalue weighted by Gasteiger charge is -2.64. The minimum atomic E-state index is -3.61. The Labute approximate surface area is 231 Å². The van der Waals surface area contributed by atoms with Crippen molar-refractivity contribution in [2.75, 3.05) is 13.1 Å². The van der Waals surface area contributed by atoms with Gasteiger partial charge in [0.25, 0.3) is 0 Å². The van der Waals surface area contributed by atoms with E-state index in [0.717, 1.165) is 54.8 Å². The summed E-state index contributed by atoms with van der Waals surface area (Å²) in [6.07, 6.45) is 3.13. The summed E-state index contributed by atoms with van der Waals surface area (Å²) in [4.78, 5) is 2.48. The molecule has 2 aliphatic heterocycles. The molecule has 2 heterocycles. The number of benzene rings is 3. The highest BCUT2D eigenvalue weighted by atomic mass is 32.2. The van der Waals surface area contributed by atoms with E-state index < -0.39 is 33.2 Å². The van der Waals surface area contributed by atoms with Gasteiger partial charge in [-0.05, 0) is 73.9 Å². The Morgan fingerprint density at radius 2 is 1.82 bits per heavy atom. The second-order valence-corrected chi connectivity index (χ2v) is 13.7. The monoisotopic (exact) mass is 544 g/mol. The molecule has 0 aromatic heterocycles. The Kier molecular flexibility index (Phi) is 5.94. The van der Waals surface area contributed by atoms with Gasteiger partial charge >= 0.3 is 0 Å². The molecule has 0 amide bonds. The van der Waals surface area contributed by atoms with E-state index in [-0.39, 0.29) is 11.8 Å². The third kappa shape index (κ3) is 3.89. The molecule has 2 aliphatic carbocycles. The Morgan fingerprint density at radius 1 is 1.03 bits per heavy atom. The minimum Gasteiger partial charge on any atom is -0.487 e. The molecule has 5 atom stereocenters. The summed E-state index contributed by atoms with van der Waals surface area (Å²) in [5.41, 5.74) is 3.85. The van der Waals surface area contributed by atoms with E-state index in [2.05, 4.69) is 40.0 Å². The first-order valence-electron chi connectivity index (χ1n) is 14.1. The van der Waals surface area contributed by atoms with E-state index in [4.69, 9.17) is 4.74 Å². The molecule has 1 saturated carbocycles. The van der Waals surface area contributed by atoms with Crippen LogP contribution >= 0.6 is 0 Å². The standard InChI is InChI=1S/C32H36N2O4S/c1-22-8-5-6-11-25(22)21-39(36,37)33-26-14-16-32(35)28-20-24-12-7-13-27-29(24)31(32,30(26)38-27)17-19-34(28)18-15-23-9-3-2-4-10-23/h2-13,26,28,30,33,35H,14-21H2,1H3/t26-,28-,30+,31+,32-/m1/s1. The van der Waals surface area contributed by atoms with Gasteiger partial charge in [-0.2, -0.15) is 0 Å². The van der Waals surface area contributed by atoms with Gasteiger partial charge in [-0.15, -0.1) is 0 Å². The molecule has 3 aromatic rings. The van der Waals surface area contributed by atoms with Crippen LogP contribution < -0.4 is 9.46 Å². The molecule has 0 unspecified atom stereocenters. The number of ether oxygens (including phenoxy) is 1. The third-order valence-corrected chi connectivity index (χ3v) is 11.3. The van der Waals surface area contributed by atoms with Gasteiger partial charge in [-0.3, -0.25) is 4.90 Å². The molecule has 1 saturated heterocycles. The van der Waals surface area contributed by atoms with Crippen LogP contribution in [0.25, 0.3) is 0 Å². The lowest BCUT2D eigenvalue weighted by atomic mass is 9.48. The molecule has 1 spiro atoms. The zero-order valence-corrected chi connectivity index (χ0v) is 23.2. The summed E-state index contributed by atoms with van der Waals surface area (Å²) >= 11 is 0. The molecule has 6 nitrogen and oxygen atoms in total. The van der Waals surface area contributed by atoms with Gasteiger partial charge in [-0.1, -0.05) is 66.7 Å². The molecule has 2 fully saturated rings. The van der Waals surface area contributed by atoms with E-state index in [0.29, 0.717) is 12.8 Å². The molecular weight excluding hydrogens is 508 g/mol. The summed E-state index contributed by atoms with van der Waals surface area (Å²) in [7, 11) is -3.61. The number of hydrogen-bond donors (Lipinski definition) is 2. The Hall–Kier alpha value is -2.71. The lowest BCUT2D eigenvalue weighted by molar-refractivity contribution is -0.189. The molecule has 3 aromatic carbocycles. The van der Waals surface area contributed by atoms with Crippen LogP contribution in [0.2, 0.25) is 0 Å². The highest BCUT2D eigenvalue weighted by Gasteiger charge is 2.72. The number of aryl methyl sites for hydroxylation is 1. The number of aliphatic hydroxyl groups is 1. The van der Waals surface area contributed by atoms with E-state index >= 15 is 0 Å². The summed E-state index contributed by atoms with van der Waals surface area (Å²) in [5, 5.41) is 12.7. The van der Waals surface area contributed by atoms with Crippen molar-refractivity contribution in [1.29, 1.82) is 0 Å². The fourth-order valence-electron chi connectivity index (χ4n) is 8.16. The van der Waals surface area contributed by atoms with Gasteiger partial charge in [0.2, 0.25) is 10.0 Å². The SMILES string of the molecule is Cc1ccccc1CS(=O)(=O)N[C@@H]1CC[C@@]2(O)[C@H]3Cc4cccc5c4[C@@]2(CCN3CCc2ccccc2)[C@H]1O5. The van der Waals surface area contributed by atoms with Crippen molar-refractivity contribution in [3.8, 4) is 5.75 Å². The second-order valence-electron chi connectivity index (χ2n) is 11.9. The normalized spacial score (nSPS) is 31.0. The maximum absolute atomic E-state index is 13.4. The number of likely N-dealkylation sites (tertiary alicyclic amines) is 1. The topological polar surface area (TPSA) is 78.9 Å². The fraction of sp³-hybridized carbons (Fsp3) is 0.438. The Morgan fingerprint density at radius 3 is 2.64 bits per heavy atom. The first kappa shape index (κ1) is 25.3. The van der Waals surface area contributed by atoms with Crippen molar-refractivity contribution in [3.63, 3.8) is 0 Å². The second kappa shape index (κ2) is 9.16. The molecule has 2 bridgehead atoms. The van der Waals surface area contributed by atoms with Crippen molar-refractivity contribution in [2.45, 2.75) is 74.0 Å². The molecule has 7 rings (SSSR count). The number of nitrogens with zero attached hydrogens (tertiary/aromatic N) is 1. The number of hydrogen-bond acceptors (Lipinski definition) is 5. The molecule has 7 heteroatoms. The van der Waals surface area contributed by atoms with Crippen LogP contribution in [0.1, 0.15) is 47.1 Å². The van der Waals surface area contributed by atoms with Crippen LogP contribution in [0.3, 0.4) is 0 Å². The van der Waals surface area contributed by atoms with E-state index in [9.17, 15) is 13.5 Å². The van der Waals surface area contributed by atoms with Crippen LogP contribution in [-0.4, -0.2) is 55.3 Å². The highest BCUT2D eigenvalue weighted by Crippen LogP contribution is 2.64. The van der Waals surface area contributed by atoms with Crippen LogP contribution in [0.4, 0.5) is 0 Å². The molecule has 2 N–H and O–H groups in total. The summed E-state index contributed by atoms with van der Waals surface area (Å²) in [6, 6.07) is 23.9. The van der Waals surface area contributed by atoms with Crippen molar-refractivity contribution >= 4 is 10.0 Å². The van der Waals surface area contributed by atoms with E-state index in [1.54, 1.807) is 0 Å². The Balaban J connectivity index is 1.21. The van der Waals surface area contributed by atoms with Gasteiger partial charge < -0.3 is 9.84 Å². The van der Waals surface area contributed by atoms with Gasteiger partial charge in [0, 0.05) is 18.2 Å². The number of sulfonamides is 1. The average Bonchev–Trinajstić information content (AvgIpc) is 3.27. The lowest BCUT2D eigenvalue weighted by Crippen LogP contribution is -2.78. The maximum Gasteiger partial charge on any atom is 0.216 e. The Bertz CT molecular complexity index is 1510. The summed E-state index contributed by atoms with van der Waals surface area (Å²) in [5.74, 6) is 0.756. The highest BCUT2D eigenvalue weighted by molar-refractivity contribution is 7.88. The minimum absolute atomic E-state index is 0.0218. The van der Waals surface area contributed by atoms with Crippen molar-refractivity contribution < 1.29 is 18.3 Å². The molecule has 4 aliphatic rings. The summed E-state index contributed by atoms with van der Waals surface area (Å²) < 4.78 is 36.5. The fourth-order valence-corrected chi connectivity index (χ4v) is 9.68. The van der Waals surface area contributed by atoms with Gasteiger partial charge in [0.05, 0.1) is 22.8 Å². The quantitative estimate of drug-likeness (QED) is 0.472. The van der Waals surface area contributed by atoms with Crippen LogP contribution in [-0.2, 0) is 34.0 Å². The molecular formula is C32H36N2O4S. The number of rotatable bonds is 7. The first-order chi connectivity index (χ1) is 18.8. The summed E-state index contributed by atoms with van der Waals surface area (Å²) in [6.45, 7) is 3.69. The van der Waals surface area contributed by atoms with Gasteiger partial charge in [0.15, 0.2) is 0 Å². The predicted octanol–water partition coefficient (Wildman–Crippen LogP) is 3.88. The van der Waals surface area contributed by atoms with Gasteiger partial charge in [-0.25, -0.2) is 13.1 Å². The van der Waals surface area contributed by atoms with Crippen LogP contribution in [0.15, 0.2) is 72.8 Å². The first-order valence-corrected chi connectivity index (χ1v) is 15.8. The average molecular weight is 545 g/mol. The third-order valence-electron chi connectivity index (χ3n) is 9.94. The molecule has 39 heavy (non-hydrogen) atoms. The van der Waals surface area contributed by atoms with E-state index in [1.807, 2.05) is 49.4 Å². The smallest absolute Gasteiger partial charge is 0.216 e. The van der Waals surface area contributed by atoms with Crippen LogP contribution in [0, 0.1) is 6.92 Å². The largest absolute Gasteiger partial charge is 0.487 e. The number of nitrogens with one attached hydrogen (secondary N) is 1. The van der Waals surface area contributed by atoms with Crippen molar-refractivity contribution in [3.05, 3.63) is 101 Å². The maximum atomic E-state index is 13.4. The van der Waals surface area contributed by atoms with Crippen molar-refractivity contribution in [2.24, 2.45) is 0 Å². The van der Waals surface area contributed by atoms with E-state index in [1.165, 1.54) is 11.1 Å². The van der Waals surface area contributed by atoms with Gasteiger partial charge in [0.1, 0.15) is 11.9 Å². The molecule has 0 radical (unpaired) electrons. The number of piperidine rings is 1. The van der Waals surface area contributed by atoms with Crippen LogP contribution in [0.5, 0.6) is 5.75 Å². The zero-order chi connectivity index (χ0) is 26.8. The van der Waals surface area contributed by atoms with Crippen molar-refractivity contribution in [1.82, 2.24) is 9.62 Å².